The van der Waals surface area contributed by atoms with Crippen molar-refractivity contribution in [2.24, 2.45) is 11.5 Å². The van der Waals surface area contributed by atoms with Crippen LogP contribution in [0.2, 0.25) is 0 Å². The van der Waals surface area contributed by atoms with E-state index in [2.05, 4.69) is 15.9 Å². The molecule has 0 saturated heterocycles. The van der Waals surface area contributed by atoms with E-state index in [0.717, 1.165) is 8.66 Å². The molecule has 0 aliphatic carbocycles. The summed E-state index contributed by atoms with van der Waals surface area (Å²) < 4.78 is 0.979. The topological polar surface area (TPSA) is 89.3 Å². The molecule has 1 aromatic heterocycles. The highest BCUT2D eigenvalue weighted by Crippen LogP contribution is 2.27. The molecule has 0 bridgehead atoms. The van der Waals surface area contributed by atoms with E-state index in [-0.39, 0.29) is 12.5 Å². The van der Waals surface area contributed by atoms with Gasteiger partial charge in [-0.25, -0.2) is 0 Å². The fraction of sp³-hybridized carbons (Fsp3) is 0.375. The van der Waals surface area contributed by atoms with Gasteiger partial charge in [0.1, 0.15) is 6.04 Å². The van der Waals surface area contributed by atoms with Crippen molar-refractivity contribution in [2.45, 2.75) is 18.5 Å². The molecule has 4 nitrogen and oxygen atoms in total. The number of rotatable bonds is 4. The van der Waals surface area contributed by atoms with Gasteiger partial charge < -0.3 is 16.6 Å². The zero-order chi connectivity index (χ0) is 10.7. The van der Waals surface area contributed by atoms with Gasteiger partial charge >= 0.3 is 5.97 Å². The number of carboxylic acids is 1. The Balaban J connectivity index is 2.58. The fourth-order valence-corrected chi connectivity index (χ4v) is 2.46. The van der Waals surface area contributed by atoms with E-state index in [0.29, 0.717) is 0 Å². The van der Waals surface area contributed by atoms with Crippen LogP contribution < -0.4 is 11.5 Å². The first-order valence-electron chi connectivity index (χ1n) is 4.00. The standard InChI is InChI=1S/C8H11BrN2O2S/c9-7-2-1-6(14-7)4(10)3-5(11)8(12)13/h1-2,4-5H,3,10-11H2,(H,12,13). The van der Waals surface area contributed by atoms with Crippen LogP contribution >= 0.6 is 27.3 Å². The van der Waals surface area contributed by atoms with Crippen LogP contribution in [0.1, 0.15) is 17.3 Å². The Hall–Kier alpha value is -0.430. The van der Waals surface area contributed by atoms with Crippen LogP contribution in [0.25, 0.3) is 0 Å². The van der Waals surface area contributed by atoms with E-state index in [4.69, 9.17) is 16.6 Å². The second kappa shape index (κ2) is 4.88. The lowest BCUT2D eigenvalue weighted by Crippen LogP contribution is -2.33. The van der Waals surface area contributed by atoms with Crippen LogP contribution in [0.4, 0.5) is 0 Å². The van der Waals surface area contributed by atoms with E-state index in [1.54, 1.807) is 0 Å². The number of hydrogen-bond donors (Lipinski definition) is 3. The average Bonchev–Trinajstić information content (AvgIpc) is 2.51. The highest BCUT2D eigenvalue weighted by atomic mass is 79.9. The lowest BCUT2D eigenvalue weighted by Gasteiger charge is -2.12. The SMILES string of the molecule is NC(CC(N)c1ccc(Br)s1)C(=O)O. The Morgan fingerprint density at radius 1 is 1.57 bits per heavy atom. The van der Waals surface area contributed by atoms with Gasteiger partial charge in [-0.05, 0) is 34.5 Å². The Bertz CT molecular complexity index is 329. The summed E-state index contributed by atoms with van der Waals surface area (Å²) in [7, 11) is 0. The molecule has 1 heterocycles. The highest BCUT2D eigenvalue weighted by Gasteiger charge is 2.18. The molecular formula is C8H11BrN2O2S. The second-order valence-electron chi connectivity index (χ2n) is 2.93. The van der Waals surface area contributed by atoms with Crippen LogP contribution in [0.5, 0.6) is 0 Å². The third-order valence-corrected chi connectivity index (χ3v) is 3.54. The van der Waals surface area contributed by atoms with E-state index in [9.17, 15) is 4.79 Å². The smallest absolute Gasteiger partial charge is 0.320 e. The molecule has 0 saturated carbocycles. The van der Waals surface area contributed by atoms with Crippen molar-refractivity contribution in [1.82, 2.24) is 0 Å². The summed E-state index contributed by atoms with van der Waals surface area (Å²) in [6, 6.07) is 2.54. The molecule has 0 spiro atoms. The molecule has 0 aromatic carbocycles. The predicted octanol–water partition coefficient (Wildman–Crippen LogP) is 1.31. The summed E-state index contributed by atoms with van der Waals surface area (Å²) in [6.45, 7) is 0. The molecule has 1 aromatic rings. The summed E-state index contributed by atoms with van der Waals surface area (Å²) in [6.07, 6.45) is 0.252. The molecule has 1 rings (SSSR count). The zero-order valence-electron chi connectivity index (χ0n) is 7.31. The first-order valence-corrected chi connectivity index (χ1v) is 5.61. The number of carboxylic acid groups (broad SMARTS) is 1. The summed E-state index contributed by atoms with van der Waals surface area (Å²) in [5.41, 5.74) is 11.2. The predicted molar refractivity (Wildman–Crippen MR) is 59.2 cm³/mol. The molecule has 5 N–H and O–H groups in total. The molecule has 0 fully saturated rings. The van der Waals surface area contributed by atoms with Gasteiger partial charge in [-0.1, -0.05) is 0 Å². The molecule has 6 heteroatoms. The minimum absolute atomic E-state index is 0.252. The van der Waals surface area contributed by atoms with Gasteiger partial charge in [0.15, 0.2) is 0 Å². The maximum atomic E-state index is 10.5. The quantitative estimate of drug-likeness (QED) is 0.775. The van der Waals surface area contributed by atoms with Gasteiger partial charge in [-0.15, -0.1) is 11.3 Å². The van der Waals surface area contributed by atoms with Crippen molar-refractivity contribution in [2.75, 3.05) is 0 Å². The zero-order valence-corrected chi connectivity index (χ0v) is 9.72. The van der Waals surface area contributed by atoms with Crippen LogP contribution in [0.3, 0.4) is 0 Å². The Kier molecular flexibility index (Phi) is 4.06. The molecule has 78 valence electrons. The van der Waals surface area contributed by atoms with Gasteiger partial charge in [0.2, 0.25) is 0 Å². The number of hydrogen-bond acceptors (Lipinski definition) is 4. The third-order valence-electron chi connectivity index (χ3n) is 1.78. The minimum atomic E-state index is -1.02. The van der Waals surface area contributed by atoms with Crippen LogP contribution in [-0.2, 0) is 4.79 Å². The lowest BCUT2D eigenvalue weighted by atomic mass is 10.1. The monoisotopic (exact) mass is 278 g/mol. The molecular weight excluding hydrogens is 268 g/mol. The number of thiophene rings is 1. The van der Waals surface area contributed by atoms with Gasteiger partial charge in [0.25, 0.3) is 0 Å². The first-order chi connectivity index (χ1) is 6.50. The van der Waals surface area contributed by atoms with Crippen molar-refractivity contribution in [3.8, 4) is 0 Å². The maximum absolute atomic E-state index is 10.5. The van der Waals surface area contributed by atoms with Crippen molar-refractivity contribution in [1.29, 1.82) is 0 Å². The number of halogens is 1. The van der Waals surface area contributed by atoms with E-state index >= 15 is 0 Å². The Morgan fingerprint density at radius 3 is 2.64 bits per heavy atom. The molecule has 0 aliphatic heterocycles. The Morgan fingerprint density at radius 2 is 2.21 bits per heavy atom. The summed E-state index contributed by atoms with van der Waals surface area (Å²) in [5, 5.41) is 8.60. The highest BCUT2D eigenvalue weighted by molar-refractivity contribution is 9.11. The third kappa shape index (κ3) is 3.06. The fourth-order valence-electron chi connectivity index (χ4n) is 1.02. The van der Waals surface area contributed by atoms with E-state index in [1.165, 1.54) is 11.3 Å². The van der Waals surface area contributed by atoms with Crippen molar-refractivity contribution >= 4 is 33.2 Å². The van der Waals surface area contributed by atoms with Gasteiger partial charge in [0, 0.05) is 10.9 Å². The molecule has 0 radical (unpaired) electrons. The van der Waals surface area contributed by atoms with Crippen molar-refractivity contribution in [3.05, 3.63) is 20.8 Å². The minimum Gasteiger partial charge on any atom is -0.480 e. The number of nitrogens with two attached hydrogens (primary N) is 2. The van der Waals surface area contributed by atoms with E-state index < -0.39 is 12.0 Å². The summed E-state index contributed by atoms with van der Waals surface area (Å²) >= 11 is 4.80. The second-order valence-corrected chi connectivity index (χ2v) is 5.42. The molecule has 2 atom stereocenters. The van der Waals surface area contributed by atoms with Crippen molar-refractivity contribution in [3.63, 3.8) is 0 Å². The van der Waals surface area contributed by atoms with Gasteiger partial charge in [0.05, 0.1) is 3.79 Å². The van der Waals surface area contributed by atoms with Gasteiger partial charge in [-0.2, -0.15) is 0 Å². The summed E-state index contributed by atoms with van der Waals surface area (Å²) in [5.74, 6) is -1.02. The normalized spacial score (nSPS) is 15.1. The molecule has 14 heavy (non-hydrogen) atoms. The largest absolute Gasteiger partial charge is 0.480 e. The average molecular weight is 279 g/mol. The first kappa shape index (κ1) is 11.6. The Labute approximate surface area is 94.0 Å². The maximum Gasteiger partial charge on any atom is 0.320 e. The molecule has 0 aliphatic rings. The van der Waals surface area contributed by atoms with Gasteiger partial charge in [-0.3, -0.25) is 4.79 Å². The van der Waals surface area contributed by atoms with Crippen LogP contribution in [0.15, 0.2) is 15.9 Å². The number of carbonyl (C=O) groups is 1. The lowest BCUT2D eigenvalue weighted by molar-refractivity contribution is -0.138. The van der Waals surface area contributed by atoms with Crippen LogP contribution in [0, 0.1) is 0 Å². The van der Waals surface area contributed by atoms with E-state index in [1.807, 2.05) is 12.1 Å². The van der Waals surface area contributed by atoms with Crippen molar-refractivity contribution < 1.29 is 9.90 Å². The van der Waals surface area contributed by atoms with Crippen LogP contribution in [-0.4, -0.2) is 17.1 Å². The number of aliphatic carboxylic acids is 1. The molecule has 2 unspecified atom stereocenters. The molecule has 0 amide bonds. The summed E-state index contributed by atoms with van der Waals surface area (Å²) in [4.78, 5) is 11.4.